The third-order valence-electron chi connectivity index (χ3n) is 3.08. The topological polar surface area (TPSA) is 87.7 Å². The minimum atomic E-state index is -0.875. The number of carbonyl (C=O) groups excluding carboxylic acids is 1. The van der Waals surface area contributed by atoms with Gasteiger partial charge in [0.1, 0.15) is 0 Å². The van der Waals surface area contributed by atoms with Crippen LogP contribution >= 0.6 is 0 Å². The molecular formula is C14H18N2O4. The molecule has 20 heavy (non-hydrogen) atoms. The Morgan fingerprint density at radius 2 is 2.05 bits per heavy atom. The Morgan fingerprint density at radius 3 is 2.65 bits per heavy atom. The fraction of sp³-hybridized carbons (Fsp3) is 0.429. The first-order valence-electron chi connectivity index (χ1n) is 6.60. The molecule has 1 atom stereocenters. The van der Waals surface area contributed by atoms with Crippen LogP contribution in [0.3, 0.4) is 0 Å². The molecule has 1 aromatic carbocycles. The number of hydrogen-bond donors (Lipinski definition) is 3. The van der Waals surface area contributed by atoms with Crippen LogP contribution in [0.25, 0.3) is 0 Å². The zero-order valence-electron chi connectivity index (χ0n) is 11.1. The van der Waals surface area contributed by atoms with E-state index in [1.54, 1.807) is 24.3 Å². The lowest BCUT2D eigenvalue weighted by molar-refractivity contribution is -0.136. The molecule has 3 N–H and O–H groups in total. The van der Waals surface area contributed by atoms with Crippen LogP contribution in [-0.4, -0.2) is 36.4 Å². The largest absolute Gasteiger partial charge is 0.481 e. The standard InChI is InChI=1S/C14H18N2O4/c17-13(18)8-10-3-5-11(6-4-10)16-14(19)15-9-12-2-1-7-20-12/h3-6,12H,1-2,7-9H2,(H,17,18)(H2,15,16,19). The summed E-state index contributed by atoms with van der Waals surface area (Å²) < 4.78 is 5.41. The van der Waals surface area contributed by atoms with Crippen molar-refractivity contribution in [2.24, 2.45) is 0 Å². The summed E-state index contributed by atoms with van der Waals surface area (Å²) in [7, 11) is 0. The van der Waals surface area contributed by atoms with Crippen LogP contribution in [0, 0.1) is 0 Å². The molecule has 6 nitrogen and oxygen atoms in total. The van der Waals surface area contributed by atoms with Crippen molar-refractivity contribution in [3.8, 4) is 0 Å². The first-order valence-corrected chi connectivity index (χ1v) is 6.60. The first-order chi connectivity index (χ1) is 9.63. The maximum absolute atomic E-state index is 11.7. The third kappa shape index (κ3) is 4.55. The van der Waals surface area contributed by atoms with Gasteiger partial charge < -0.3 is 20.5 Å². The molecule has 1 fully saturated rings. The summed E-state index contributed by atoms with van der Waals surface area (Å²) >= 11 is 0. The Balaban J connectivity index is 1.76. The number of carbonyl (C=O) groups is 2. The Bertz CT molecular complexity index is 467. The molecule has 0 aliphatic carbocycles. The number of carboxylic acids is 1. The van der Waals surface area contributed by atoms with E-state index < -0.39 is 5.97 Å². The van der Waals surface area contributed by atoms with E-state index >= 15 is 0 Å². The molecule has 0 radical (unpaired) electrons. The van der Waals surface area contributed by atoms with Crippen molar-refractivity contribution < 1.29 is 19.4 Å². The lowest BCUT2D eigenvalue weighted by atomic mass is 10.1. The predicted molar refractivity (Wildman–Crippen MR) is 73.8 cm³/mol. The number of carboxylic acid groups (broad SMARTS) is 1. The lowest BCUT2D eigenvalue weighted by Gasteiger charge is -2.11. The second-order valence-electron chi connectivity index (χ2n) is 4.74. The number of ether oxygens (including phenoxy) is 1. The second kappa shape index (κ2) is 6.91. The molecule has 1 saturated heterocycles. The molecule has 0 aromatic heterocycles. The Hall–Kier alpha value is -2.08. The van der Waals surface area contributed by atoms with Crippen LogP contribution in [0.15, 0.2) is 24.3 Å². The molecule has 2 amide bonds. The summed E-state index contributed by atoms with van der Waals surface area (Å²) in [6.07, 6.45) is 2.10. The molecule has 6 heteroatoms. The lowest BCUT2D eigenvalue weighted by Crippen LogP contribution is -2.35. The monoisotopic (exact) mass is 278 g/mol. The fourth-order valence-corrected chi connectivity index (χ4v) is 2.07. The normalized spacial score (nSPS) is 17.7. The van der Waals surface area contributed by atoms with E-state index in [4.69, 9.17) is 9.84 Å². The summed E-state index contributed by atoms with van der Waals surface area (Å²) in [4.78, 5) is 22.2. The highest BCUT2D eigenvalue weighted by atomic mass is 16.5. The van der Waals surface area contributed by atoms with Crippen molar-refractivity contribution in [2.75, 3.05) is 18.5 Å². The number of hydrogen-bond acceptors (Lipinski definition) is 3. The fourth-order valence-electron chi connectivity index (χ4n) is 2.07. The van der Waals surface area contributed by atoms with Crippen LogP contribution in [0.4, 0.5) is 10.5 Å². The van der Waals surface area contributed by atoms with E-state index in [-0.39, 0.29) is 18.6 Å². The highest BCUT2D eigenvalue weighted by Crippen LogP contribution is 2.12. The number of amides is 2. The zero-order valence-corrected chi connectivity index (χ0v) is 11.1. The average molecular weight is 278 g/mol. The summed E-state index contributed by atoms with van der Waals surface area (Å²) in [5, 5.41) is 14.1. The summed E-state index contributed by atoms with van der Waals surface area (Å²) in [6, 6.07) is 6.45. The first kappa shape index (κ1) is 14.3. The van der Waals surface area contributed by atoms with Crippen molar-refractivity contribution in [3.05, 3.63) is 29.8 Å². The van der Waals surface area contributed by atoms with Crippen molar-refractivity contribution in [2.45, 2.75) is 25.4 Å². The van der Waals surface area contributed by atoms with Gasteiger partial charge in [-0.15, -0.1) is 0 Å². The van der Waals surface area contributed by atoms with Crippen LogP contribution in [-0.2, 0) is 16.0 Å². The zero-order chi connectivity index (χ0) is 14.4. The van der Waals surface area contributed by atoms with Crippen LogP contribution in [0.1, 0.15) is 18.4 Å². The highest BCUT2D eigenvalue weighted by Gasteiger charge is 2.15. The van der Waals surface area contributed by atoms with Gasteiger partial charge in [-0.1, -0.05) is 12.1 Å². The summed E-state index contributed by atoms with van der Waals surface area (Å²) in [5.74, 6) is -0.875. The van der Waals surface area contributed by atoms with E-state index in [0.29, 0.717) is 17.8 Å². The van der Waals surface area contributed by atoms with Gasteiger partial charge in [0.2, 0.25) is 0 Å². The number of urea groups is 1. The number of aliphatic carboxylic acids is 1. The van der Waals surface area contributed by atoms with E-state index in [9.17, 15) is 9.59 Å². The maximum atomic E-state index is 11.7. The summed E-state index contributed by atoms with van der Waals surface area (Å²) in [5.41, 5.74) is 1.33. The minimum absolute atomic E-state index is 0.0223. The van der Waals surface area contributed by atoms with Crippen molar-refractivity contribution in [1.29, 1.82) is 0 Å². The molecule has 1 aromatic rings. The number of anilines is 1. The van der Waals surface area contributed by atoms with Crippen LogP contribution in [0.5, 0.6) is 0 Å². The van der Waals surface area contributed by atoms with Gasteiger partial charge in [0.15, 0.2) is 0 Å². The van der Waals surface area contributed by atoms with Crippen molar-refractivity contribution >= 4 is 17.7 Å². The van der Waals surface area contributed by atoms with E-state index in [0.717, 1.165) is 19.4 Å². The molecule has 108 valence electrons. The van der Waals surface area contributed by atoms with Crippen molar-refractivity contribution in [3.63, 3.8) is 0 Å². The number of benzene rings is 1. The van der Waals surface area contributed by atoms with E-state index in [2.05, 4.69) is 10.6 Å². The van der Waals surface area contributed by atoms with Gasteiger partial charge in [-0.2, -0.15) is 0 Å². The van der Waals surface area contributed by atoms with Gasteiger partial charge in [-0.25, -0.2) is 4.79 Å². The van der Waals surface area contributed by atoms with Crippen LogP contribution < -0.4 is 10.6 Å². The molecule has 0 bridgehead atoms. The highest BCUT2D eigenvalue weighted by molar-refractivity contribution is 5.89. The molecule has 0 spiro atoms. The number of nitrogens with one attached hydrogen (secondary N) is 2. The van der Waals surface area contributed by atoms with Gasteiger partial charge in [0.05, 0.1) is 12.5 Å². The molecule has 2 rings (SSSR count). The molecule has 1 aliphatic rings. The quantitative estimate of drug-likeness (QED) is 0.763. The Morgan fingerprint density at radius 1 is 1.30 bits per heavy atom. The Kier molecular flexibility index (Phi) is 4.95. The van der Waals surface area contributed by atoms with Gasteiger partial charge in [-0.3, -0.25) is 4.79 Å². The Labute approximate surface area is 117 Å². The van der Waals surface area contributed by atoms with Crippen LogP contribution in [0.2, 0.25) is 0 Å². The molecule has 1 unspecified atom stereocenters. The minimum Gasteiger partial charge on any atom is -0.481 e. The van der Waals surface area contributed by atoms with Gasteiger partial charge >= 0.3 is 12.0 Å². The van der Waals surface area contributed by atoms with Gasteiger partial charge in [-0.05, 0) is 30.5 Å². The molecule has 0 saturated carbocycles. The van der Waals surface area contributed by atoms with Gasteiger partial charge in [0, 0.05) is 18.8 Å². The maximum Gasteiger partial charge on any atom is 0.319 e. The summed E-state index contributed by atoms with van der Waals surface area (Å²) in [6.45, 7) is 1.27. The average Bonchev–Trinajstić information content (AvgIpc) is 2.91. The molecule has 1 aliphatic heterocycles. The SMILES string of the molecule is O=C(O)Cc1ccc(NC(=O)NCC2CCCO2)cc1. The second-order valence-corrected chi connectivity index (χ2v) is 4.74. The van der Waals surface area contributed by atoms with E-state index in [1.165, 1.54) is 0 Å². The van der Waals surface area contributed by atoms with E-state index in [1.807, 2.05) is 0 Å². The van der Waals surface area contributed by atoms with Gasteiger partial charge in [0.25, 0.3) is 0 Å². The number of rotatable bonds is 5. The smallest absolute Gasteiger partial charge is 0.319 e. The third-order valence-corrected chi connectivity index (χ3v) is 3.08. The molecular weight excluding hydrogens is 260 g/mol. The molecule has 1 heterocycles. The predicted octanol–water partition coefficient (Wildman–Crippen LogP) is 1.61. The van der Waals surface area contributed by atoms with Crippen molar-refractivity contribution in [1.82, 2.24) is 5.32 Å².